The van der Waals surface area contributed by atoms with Gasteiger partial charge in [-0.2, -0.15) is 5.26 Å². The number of carboxylic acids is 1. The van der Waals surface area contributed by atoms with Crippen LogP contribution in [0, 0.1) is 28.6 Å². The molecule has 3 N–H and O–H groups in total. The lowest BCUT2D eigenvalue weighted by molar-refractivity contribution is 0.0677. The first kappa shape index (κ1) is 13.9. The molecule has 1 aliphatic carbocycles. The van der Waals surface area contributed by atoms with Crippen molar-refractivity contribution >= 4 is 5.97 Å². The van der Waals surface area contributed by atoms with Crippen molar-refractivity contribution in [1.29, 1.82) is 5.26 Å². The summed E-state index contributed by atoms with van der Waals surface area (Å²) < 4.78 is 0. The second-order valence-electron chi connectivity index (χ2n) is 5.05. The number of carbonyl (C=O) groups is 1. The molecular weight excluding hydrogens is 258 g/mol. The van der Waals surface area contributed by atoms with Crippen molar-refractivity contribution in [3.05, 3.63) is 29.3 Å². The predicted octanol–water partition coefficient (Wildman–Crippen LogP) is 1.50. The fraction of sp³-hybridized carbons (Fsp3) is 0.333. The van der Waals surface area contributed by atoms with Gasteiger partial charge >= 0.3 is 5.97 Å². The Balaban J connectivity index is 2.40. The van der Waals surface area contributed by atoms with Crippen LogP contribution >= 0.6 is 0 Å². The molecule has 1 aromatic carbocycles. The number of aromatic carboxylic acids is 1. The number of hydrogen-bond donors (Lipinski definition) is 3. The van der Waals surface area contributed by atoms with Gasteiger partial charge in [0.1, 0.15) is 11.4 Å². The molecule has 0 amide bonds. The molecule has 20 heavy (non-hydrogen) atoms. The summed E-state index contributed by atoms with van der Waals surface area (Å²) in [5.74, 6) is 3.79. The van der Waals surface area contributed by atoms with E-state index in [0.717, 1.165) is 6.07 Å². The van der Waals surface area contributed by atoms with E-state index in [2.05, 4.69) is 17.9 Å². The van der Waals surface area contributed by atoms with E-state index in [-0.39, 0.29) is 16.9 Å². The Labute approximate surface area is 116 Å². The highest BCUT2D eigenvalue weighted by Gasteiger charge is 2.56. The summed E-state index contributed by atoms with van der Waals surface area (Å²) >= 11 is 0. The third-order valence-corrected chi connectivity index (χ3v) is 3.57. The van der Waals surface area contributed by atoms with Gasteiger partial charge in [-0.05, 0) is 38.0 Å². The molecule has 0 radical (unpaired) electrons. The zero-order valence-electron chi connectivity index (χ0n) is 10.8. The van der Waals surface area contributed by atoms with Crippen LogP contribution in [0.15, 0.2) is 18.2 Å². The predicted molar refractivity (Wildman–Crippen MR) is 69.8 cm³/mol. The second-order valence-corrected chi connectivity index (χ2v) is 5.05. The third-order valence-electron chi connectivity index (χ3n) is 3.57. The van der Waals surface area contributed by atoms with E-state index in [1.54, 1.807) is 0 Å². The van der Waals surface area contributed by atoms with Gasteiger partial charge < -0.3 is 15.3 Å². The number of rotatable bonds is 2. The third kappa shape index (κ3) is 2.32. The summed E-state index contributed by atoms with van der Waals surface area (Å²) in [5, 5.41) is 37.7. The highest BCUT2D eigenvalue weighted by molar-refractivity contribution is 5.91. The van der Waals surface area contributed by atoms with Crippen LogP contribution in [0.25, 0.3) is 0 Å². The Bertz CT molecular complexity index is 669. The van der Waals surface area contributed by atoms with E-state index in [4.69, 9.17) is 10.4 Å². The average Bonchev–Trinajstić information content (AvgIpc) is 3.18. The minimum atomic E-state index is -1.49. The molecule has 0 saturated heterocycles. The maximum absolute atomic E-state index is 11.1. The number of hydrogen-bond acceptors (Lipinski definition) is 4. The topological polar surface area (TPSA) is 102 Å². The summed E-state index contributed by atoms with van der Waals surface area (Å²) in [6, 6.07) is 5.85. The van der Waals surface area contributed by atoms with Crippen LogP contribution in [-0.2, 0) is 0 Å². The Morgan fingerprint density at radius 3 is 2.60 bits per heavy atom. The van der Waals surface area contributed by atoms with Crippen LogP contribution in [-0.4, -0.2) is 26.9 Å². The van der Waals surface area contributed by atoms with Crippen molar-refractivity contribution < 1.29 is 20.1 Å². The first-order chi connectivity index (χ1) is 9.31. The maximum Gasteiger partial charge on any atom is 0.337 e. The SMILES string of the molecule is C[C@@](O)(C#Cc1ccc(O)cc1C(=O)O)C1(C#N)CC1. The van der Waals surface area contributed by atoms with E-state index < -0.39 is 17.0 Å². The Hall–Kier alpha value is -2.50. The number of carboxylic acid groups (broad SMARTS) is 1. The fourth-order valence-electron chi connectivity index (χ4n) is 1.96. The van der Waals surface area contributed by atoms with Crippen LogP contribution in [0.3, 0.4) is 0 Å². The smallest absolute Gasteiger partial charge is 0.337 e. The van der Waals surface area contributed by atoms with Gasteiger partial charge in [0.25, 0.3) is 0 Å². The van der Waals surface area contributed by atoms with Gasteiger partial charge in [-0.3, -0.25) is 0 Å². The lowest BCUT2D eigenvalue weighted by Gasteiger charge is -2.21. The highest BCUT2D eigenvalue weighted by Crippen LogP contribution is 2.53. The zero-order valence-corrected chi connectivity index (χ0v) is 10.8. The molecule has 0 aliphatic heterocycles. The number of aromatic hydroxyl groups is 1. The van der Waals surface area contributed by atoms with Gasteiger partial charge in [0.05, 0.1) is 17.0 Å². The van der Waals surface area contributed by atoms with E-state index in [9.17, 15) is 15.0 Å². The van der Waals surface area contributed by atoms with Crippen molar-refractivity contribution in [3.8, 4) is 23.7 Å². The van der Waals surface area contributed by atoms with Crippen molar-refractivity contribution in [2.24, 2.45) is 5.41 Å². The molecule has 0 bridgehead atoms. The standard InChI is InChI=1S/C15H13NO4/c1-14(20,15(9-16)6-7-15)5-4-10-2-3-11(17)8-12(10)13(18)19/h2-3,8,17,20H,6-7H2,1H3,(H,18,19)/t14-/m1/s1. The summed E-state index contributed by atoms with van der Waals surface area (Å²) in [6.07, 6.45) is 1.15. The summed E-state index contributed by atoms with van der Waals surface area (Å²) in [4.78, 5) is 11.1. The Kier molecular flexibility index (Phi) is 3.17. The second kappa shape index (κ2) is 4.56. The van der Waals surface area contributed by atoms with Gasteiger partial charge in [0.2, 0.25) is 0 Å². The summed E-state index contributed by atoms with van der Waals surface area (Å²) in [6.45, 7) is 1.46. The van der Waals surface area contributed by atoms with Crippen LogP contribution in [0.4, 0.5) is 0 Å². The van der Waals surface area contributed by atoms with Gasteiger partial charge in [-0.1, -0.05) is 11.8 Å². The molecule has 1 aromatic rings. The number of aliphatic hydroxyl groups is 1. The van der Waals surface area contributed by atoms with E-state index in [0.29, 0.717) is 12.8 Å². The zero-order chi connectivity index (χ0) is 15.0. The first-order valence-corrected chi connectivity index (χ1v) is 6.04. The van der Waals surface area contributed by atoms with Gasteiger partial charge in [-0.25, -0.2) is 4.79 Å². The number of nitriles is 1. The molecule has 102 valence electrons. The van der Waals surface area contributed by atoms with Crippen LogP contribution in [0.5, 0.6) is 5.75 Å². The number of phenols is 1. The summed E-state index contributed by atoms with van der Waals surface area (Å²) in [7, 11) is 0. The molecule has 0 unspecified atom stereocenters. The van der Waals surface area contributed by atoms with E-state index in [1.807, 2.05) is 0 Å². The molecule has 0 spiro atoms. The molecule has 2 rings (SSSR count). The average molecular weight is 271 g/mol. The van der Waals surface area contributed by atoms with E-state index >= 15 is 0 Å². The van der Waals surface area contributed by atoms with Crippen molar-refractivity contribution in [1.82, 2.24) is 0 Å². The van der Waals surface area contributed by atoms with Crippen LogP contribution in [0.2, 0.25) is 0 Å². The number of benzene rings is 1. The summed E-state index contributed by atoms with van der Waals surface area (Å²) in [5.41, 5.74) is -2.31. The minimum absolute atomic E-state index is 0.143. The van der Waals surface area contributed by atoms with Crippen LogP contribution < -0.4 is 0 Å². The van der Waals surface area contributed by atoms with Gasteiger partial charge in [0.15, 0.2) is 0 Å². The monoisotopic (exact) mass is 271 g/mol. The molecule has 1 aliphatic rings. The first-order valence-electron chi connectivity index (χ1n) is 6.04. The van der Waals surface area contributed by atoms with Gasteiger partial charge in [0, 0.05) is 5.56 Å². The number of nitrogens with zero attached hydrogens (tertiary/aromatic N) is 1. The quantitative estimate of drug-likeness (QED) is 0.707. The molecule has 5 nitrogen and oxygen atoms in total. The minimum Gasteiger partial charge on any atom is -0.508 e. The van der Waals surface area contributed by atoms with Crippen molar-refractivity contribution in [3.63, 3.8) is 0 Å². The van der Waals surface area contributed by atoms with Gasteiger partial charge in [-0.15, -0.1) is 0 Å². The molecule has 5 heteroatoms. The molecule has 1 saturated carbocycles. The maximum atomic E-state index is 11.1. The van der Waals surface area contributed by atoms with E-state index in [1.165, 1.54) is 19.1 Å². The molecule has 1 fully saturated rings. The largest absolute Gasteiger partial charge is 0.508 e. The molecular formula is C15H13NO4. The lowest BCUT2D eigenvalue weighted by atomic mass is 9.87. The Morgan fingerprint density at radius 1 is 1.45 bits per heavy atom. The van der Waals surface area contributed by atoms with Crippen molar-refractivity contribution in [2.75, 3.05) is 0 Å². The van der Waals surface area contributed by atoms with Crippen LogP contribution in [0.1, 0.15) is 35.7 Å². The van der Waals surface area contributed by atoms with Crippen molar-refractivity contribution in [2.45, 2.75) is 25.4 Å². The number of phenolic OH excluding ortho intramolecular Hbond substituents is 1. The Morgan fingerprint density at radius 2 is 2.10 bits per heavy atom. The fourth-order valence-corrected chi connectivity index (χ4v) is 1.96. The normalized spacial score (nSPS) is 18.1. The lowest BCUT2D eigenvalue weighted by Crippen LogP contribution is -2.33. The molecule has 1 atom stereocenters. The molecule has 0 heterocycles. The molecule has 0 aromatic heterocycles. The highest BCUT2D eigenvalue weighted by atomic mass is 16.4.